The van der Waals surface area contributed by atoms with Gasteiger partial charge in [-0.3, -0.25) is 10.1 Å². The van der Waals surface area contributed by atoms with Crippen molar-refractivity contribution in [3.8, 4) is 5.75 Å². The summed E-state index contributed by atoms with van der Waals surface area (Å²) in [5, 5.41) is 10.6. The summed E-state index contributed by atoms with van der Waals surface area (Å²) in [5.74, 6) is 0.350. The maximum Gasteiger partial charge on any atom is 0.291 e. The van der Waals surface area contributed by atoms with Crippen molar-refractivity contribution in [3.05, 3.63) is 33.3 Å². The van der Waals surface area contributed by atoms with Crippen LogP contribution < -0.4 is 4.74 Å². The molecule has 0 saturated carbocycles. The van der Waals surface area contributed by atoms with Gasteiger partial charge >= 0.3 is 0 Å². The van der Waals surface area contributed by atoms with Crippen molar-refractivity contribution in [2.24, 2.45) is 0 Å². The molecule has 76 valence electrons. The molecule has 0 radical (unpaired) electrons. The molecule has 0 bridgehead atoms. The molecular weight excluding hydrogens is 210 g/mol. The number of rotatable bonds is 4. The van der Waals surface area contributed by atoms with E-state index in [1.54, 1.807) is 0 Å². The number of ether oxygens (including phenoxy) is 2. The Hall–Kier alpha value is -1.33. The van der Waals surface area contributed by atoms with Crippen LogP contribution in [-0.4, -0.2) is 18.8 Å². The van der Waals surface area contributed by atoms with Crippen LogP contribution in [0.15, 0.2) is 18.2 Å². The van der Waals surface area contributed by atoms with Gasteiger partial charge in [-0.2, -0.15) is 0 Å². The van der Waals surface area contributed by atoms with Crippen LogP contribution in [0, 0.1) is 10.1 Å². The molecule has 14 heavy (non-hydrogen) atoms. The van der Waals surface area contributed by atoms with Gasteiger partial charge in [0.15, 0.2) is 6.79 Å². The van der Waals surface area contributed by atoms with Gasteiger partial charge in [0, 0.05) is 7.11 Å². The summed E-state index contributed by atoms with van der Waals surface area (Å²) in [7, 11) is 1.46. The number of nitro groups is 1. The van der Waals surface area contributed by atoms with Gasteiger partial charge in [0.05, 0.1) is 11.0 Å². The Morgan fingerprint density at radius 1 is 1.57 bits per heavy atom. The number of nitrogens with zero attached hydrogens (tertiary/aromatic N) is 1. The Balaban J connectivity index is 2.89. The molecule has 0 aromatic heterocycles. The largest absolute Gasteiger partial charge is 0.467 e. The molecule has 0 N–H and O–H groups in total. The molecule has 0 aliphatic heterocycles. The van der Waals surface area contributed by atoms with Crippen LogP contribution in [0.1, 0.15) is 0 Å². The fourth-order valence-electron chi connectivity index (χ4n) is 0.849. The summed E-state index contributed by atoms with van der Waals surface area (Å²) in [4.78, 5) is 9.91. The van der Waals surface area contributed by atoms with E-state index in [1.165, 1.54) is 25.3 Å². The van der Waals surface area contributed by atoms with Gasteiger partial charge in [-0.25, -0.2) is 0 Å². The van der Waals surface area contributed by atoms with Crippen LogP contribution in [-0.2, 0) is 4.74 Å². The van der Waals surface area contributed by atoms with Crippen molar-refractivity contribution in [1.82, 2.24) is 0 Å². The molecule has 1 aromatic carbocycles. The maximum atomic E-state index is 10.5. The predicted octanol–water partition coefficient (Wildman–Crippen LogP) is 2.23. The van der Waals surface area contributed by atoms with Crippen LogP contribution in [0.4, 0.5) is 5.69 Å². The van der Waals surface area contributed by atoms with E-state index in [-0.39, 0.29) is 17.5 Å². The second-order valence-electron chi connectivity index (χ2n) is 2.42. The molecule has 0 atom stereocenters. The van der Waals surface area contributed by atoms with Crippen LogP contribution in [0.5, 0.6) is 5.75 Å². The molecule has 5 nitrogen and oxygen atoms in total. The SMILES string of the molecule is COCOc1ccc(Cl)c([N+](=O)[O-])c1. The first kappa shape index (κ1) is 10.7. The number of nitro benzene ring substituents is 1. The first-order chi connectivity index (χ1) is 6.65. The van der Waals surface area contributed by atoms with E-state index < -0.39 is 4.92 Å². The second-order valence-corrected chi connectivity index (χ2v) is 2.83. The summed E-state index contributed by atoms with van der Waals surface area (Å²) in [6.07, 6.45) is 0. The molecule has 0 aliphatic carbocycles. The fraction of sp³-hybridized carbons (Fsp3) is 0.250. The minimum Gasteiger partial charge on any atom is -0.467 e. The van der Waals surface area contributed by atoms with Crippen molar-refractivity contribution in [3.63, 3.8) is 0 Å². The zero-order chi connectivity index (χ0) is 10.6. The quantitative estimate of drug-likeness (QED) is 0.441. The lowest BCUT2D eigenvalue weighted by molar-refractivity contribution is -0.384. The lowest BCUT2D eigenvalue weighted by Gasteiger charge is -2.04. The highest BCUT2D eigenvalue weighted by Gasteiger charge is 2.12. The highest BCUT2D eigenvalue weighted by atomic mass is 35.5. The van der Waals surface area contributed by atoms with Crippen molar-refractivity contribution < 1.29 is 14.4 Å². The first-order valence-corrected chi connectivity index (χ1v) is 4.08. The molecule has 0 spiro atoms. The molecule has 1 aromatic rings. The van der Waals surface area contributed by atoms with E-state index in [4.69, 9.17) is 16.3 Å². The summed E-state index contributed by atoms with van der Waals surface area (Å²) < 4.78 is 9.67. The molecular formula is C8H8ClNO4. The van der Waals surface area contributed by atoms with E-state index in [2.05, 4.69) is 4.74 Å². The lowest BCUT2D eigenvalue weighted by atomic mass is 10.3. The lowest BCUT2D eigenvalue weighted by Crippen LogP contribution is -1.99. The summed E-state index contributed by atoms with van der Waals surface area (Å²) in [6, 6.07) is 4.19. The minimum atomic E-state index is -0.567. The van der Waals surface area contributed by atoms with Crippen molar-refractivity contribution >= 4 is 17.3 Å². The fourth-order valence-corrected chi connectivity index (χ4v) is 1.04. The van der Waals surface area contributed by atoms with Gasteiger partial charge in [0.2, 0.25) is 0 Å². The molecule has 0 saturated heterocycles. The topological polar surface area (TPSA) is 61.6 Å². The van der Waals surface area contributed by atoms with Crippen molar-refractivity contribution in [2.45, 2.75) is 0 Å². The minimum absolute atomic E-state index is 0.0405. The molecule has 1 rings (SSSR count). The third-order valence-electron chi connectivity index (χ3n) is 1.46. The number of halogens is 1. The van der Waals surface area contributed by atoms with Gasteiger partial charge < -0.3 is 9.47 Å². The molecule has 0 aliphatic rings. The number of hydrogen-bond donors (Lipinski definition) is 0. The zero-order valence-electron chi connectivity index (χ0n) is 7.40. The van der Waals surface area contributed by atoms with Gasteiger partial charge in [0.25, 0.3) is 5.69 Å². The maximum absolute atomic E-state index is 10.5. The van der Waals surface area contributed by atoms with E-state index in [1.807, 2.05) is 0 Å². The average Bonchev–Trinajstić information content (AvgIpc) is 2.16. The first-order valence-electron chi connectivity index (χ1n) is 3.71. The third-order valence-corrected chi connectivity index (χ3v) is 1.78. The predicted molar refractivity (Wildman–Crippen MR) is 50.6 cm³/mol. The Bertz CT molecular complexity index is 342. The van der Waals surface area contributed by atoms with Gasteiger partial charge in [-0.1, -0.05) is 11.6 Å². The third kappa shape index (κ3) is 2.58. The monoisotopic (exact) mass is 217 g/mol. The van der Waals surface area contributed by atoms with Crippen LogP contribution in [0.2, 0.25) is 5.02 Å². The summed E-state index contributed by atoms with van der Waals surface area (Å²) >= 11 is 5.60. The van der Waals surface area contributed by atoms with Crippen molar-refractivity contribution in [2.75, 3.05) is 13.9 Å². The normalized spacial score (nSPS) is 9.86. The van der Waals surface area contributed by atoms with Crippen molar-refractivity contribution in [1.29, 1.82) is 0 Å². The molecule has 6 heteroatoms. The summed E-state index contributed by atoms with van der Waals surface area (Å²) in [5.41, 5.74) is -0.180. The van der Waals surface area contributed by atoms with Gasteiger partial charge in [0.1, 0.15) is 10.8 Å². The molecule has 0 unspecified atom stereocenters. The van der Waals surface area contributed by atoms with Crippen LogP contribution in [0.3, 0.4) is 0 Å². The van der Waals surface area contributed by atoms with E-state index in [0.717, 1.165) is 0 Å². The zero-order valence-corrected chi connectivity index (χ0v) is 8.15. The average molecular weight is 218 g/mol. The Morgan fingerprint density at radius 2 is 2.29 bits per heavy atom. The smallest absolute Gasteiger partial charge is 0.291 e. The van der Waals surface area contributed by atoms with Gasteiger partial charge in [-0.05, 0) is 12.1 Å². The standard InChI is InChI=1S/C8H8ClNO4/c1-13-5-14-6-2-3-7(9)8(4-6)10(11)12/h2-4H,5H2,1H3. The van der Waals surface area contributed by atoms with E-state index >= 15 is 0 Å². The molecule has 0 heterocycles. The number of hydrogen-bond acceptors (Lipinski definition) is 4. The molecule has 0 fully saturated rings. The Kier molecular flexibility index (Phi) is 3.67. The van der Waals surface area contributed by atoms with Gasteiger partial charge in [-0.15, -0.1) is 0 Å². The summed E-state index contributed by atoms with van der Waals surface area (Å²) in [6.45, 7) is 0.0405. The Morgan fingerprint density at radius 3 is 2.86 bits per heavy atom. The molecule has 0 amide bonds. The van der Waals surface area contributed by atoms with Crippen LogP contribution >= 0.6 is 11.6 Å². The number of benzene rings is 1. The second kappa shape index (κ2) is 4.78. The van der Waals surface area contributed by atoms with E-state index in [9.17, 15) is 10.1 Å². The number of methoxy groups -OCH3 is 1. The Labute approximate surface area is 85.3 Å². The highest BCUT2D eigenvalue weighted by Crippen LogP contribution is 2.28. The van der Waals surface area contributed by atoms with E-state index in [0.29, 0.717) is 5.75 Å². The highest BCUT2D eigenvalue weighted by molar-refractivity contribution is 6.32. The van der Waals surface area contributed by atoms with Crippen LogP contribution in [0.25, 0.3) is 0 Å².